The minimum Gasteiger partial charge on any atom is -0.455 e. The molecule has 0 N–H and O–H groups in total. The quantitative estimate of drug-likeness (QED) is 0.222. The molecular formula is C34H19N5O. The molecule has 3 heterocycles. The minimum atomic E-state index is 0.515. The Labute approximate surface area is 228 Å². The van der Waals surface area contributed by atoms with E-state index < -0.39 is 0 Å². The average Bonchev–Trinajstić information content (AvgIpc) is 3.56. The molecule has 8 rings (SSSR count). The van der Waals surface area contributed by atoms with E-state index in [4.69, 9.17) is 25.9 Å². The summed E-state index contributed by atoms with van der Waals surface area (Å²) in [6.07, 6.45) is 0. The Balaban J connectivity index is 1.45. The van der Waals surface area contributed by atoms with Gasteiger partial charge in [0.2, 0.25) is 5.95 Å². The van der Waals surface area contributed by atoms with Crippen LogP contribution in [0.2, 0.25) is 0 Å². The van der Waals surface area contributed by atoms with Gasteiger partial charge in [-0.3, -0.25) is 4.57 Å². The van der Waals surface area contributed by atoms with Gasteiger partial charge in [-0.25, -0.2) is 9.83 Å². The lowest BCUT2D eigenvalue weighted by molar-refractivity contribution is 0.669. The number of aromatic nitrogens is 4. The standard InChI is InChI=1S/C34H19N5O/c1-35-22-18-19-30-27(20-22)25-14-9-15-26(31(25)40-30)33-36-32(21-10-3-2-4-11-21)37-34(38-33)39-28-16-7-5-12-23(28)24-13-6-8-17-29(24)39/h2-20H. The first-order chi connectivity index (χ1) is 19.8. The Hall–Kier alpha value is -5.80. The zero-order valence-corrected chi connectivity index (χ0v) is 21.1. The van der Waals surface area contributed by atoms with Crippen molar-refractivity contribution in [1.82, 2.24) is 19.5 Å². The molecule has 0 aliphatic heterocycles. The second-order valence-corrected chi connectivity index (χ2v) is 9.59. The molecule has 0 atom stereocenters. The fourth-order valence-electron chi connectivity index (χ4n) is 5.47. The van der Waals surface area contributed by atoms with Gasteiger partial charge in [-0.1, -0.05) is 84.9 Å². The molecule has 5 aromatic carbocycles. The zero-order valence-electron chi connectivity index (χ0n) is 21.1. The van der Waals surface area contributed by atoms with Crippen LogP contribution < -0.4 is 0 Å². The lowest BCUT2D eigenvalue weighted by Crippen LogP contribution is -2.06. The summed E-state index contributed by atoms with van der Waals surface area (Å²) in [5.41, 5.74) is 5.67. The van der Waals surface area contributed by atoms with Crippen LogP contribution in [-0.4, -0.2) is 19.5 Å². The summed E-state index contributed by atoms with van der Waals surface area (Å²) in [4.78, 5) is 18.6. The summed E-state index contributed by atoms with van der Waals surface area (Å²) < 4.78 is 8.44. The van der Waals surface area contributed by atoms with Crippen LogP contribution >= 0.6 is 0 Å². The highest BCUT2D eigenvalue weighted by Crippen LogP contribution is 2.37. The monoisotopic (exact) mass is 513 g/mol. The van der Waals surface area contributed by atoms with Gasteiger partial charge in [0, 0.05) is 27.1 Å². The molecule has 0 aliphatic rings. The third kappa shape index (κ3) is 3.32. The Kier molecular flexibility index (Phi) is 4.78. The van der Waals surface area contributed by atoms with Crippen molar-refractivity contribution in [1.29, 1.82) is 0 Å². The first-order valence-corrected chi connectivity index (χ1v) is 12.9. The van der Waals surface area contributed by atoms with E-state index in [1.807, 2.05) is 72.8 Å². The highest BCUT2D eigenvalue weighted by Gasteiger charge is 2.20. The van der Waals surface area contributed by atoms with Gasteiger partial charge in [0.1, 0.15) is 11.2 Å². The van der Waals surface area contributed by atoms with Crippen molar-refractivity contribution in [3.63, 3.8) is 0 Å². The number of fused-ring (bicyclic) bond motifs is 6. The fraction of sp³-hybridized carbons (Fsp3) is 0. The zero-order chi connectivity index (χ0) is 26.6. The average molecular weight is 514 g/mol. The Morgan fingerprint density at radius 1 is 0.600 bits per heavy atom. The molecule has 6 heteroatoms. The third-order valence-electron chi connectivity index (χ3n) is 7.29. The SMILES string of the molecule is [C-]#[N+]c1ccc2oc3c(-c4nc(-c5ccccc5)nc(-n5c6ccccc6c6ccccc65)n4)cccc3c2c1. The molecular weight excluding hydrogens is 494 g/mol. The van der Waals surface area contributed by atoms with Crippen LogP contribution in [0.4, 0.5) is 5.69 Å². The molecule has 0 unspecified atom stereocenters. The molecule has 0 radical (unpaired) electrons. The molecule has 0 amide bonds. The maximum atomic E-state index is 7.43. The van der Waals surface area contributed by atoms with E-state index in [1.165, 1.54) is 0 Å². The van der Waals surface area contributed by atoms with E-state index in [2.05, 4.69) is 45.8 Å². The van der Waals surface area contributed by atoms with Crippen LogP contribution in [0.15, 0.2) is 120 Å². The smallest absolute Gasteiger partial charge is 0.238 e. The molecule has 40 heavy (non-hydrogen) atoms. The lowest BCUT2D eigenvalue weighted by atomic mass is 10.1. The van der Waals surface area contributed by atoms with E-state index in [1.54, 1.807) is 6.07 Å². The van der Waals surface area contributed by atoms with Gasteiger partial charge in [0.05, 0.1) is 23.2 Å². The Bertz CT molecular complexity index is 2240. The summed E-state index contributed by atoms with van der Waals surface area (Å²) in [6, 6.07) is 38.0. The maximum absolute atomic E-state index is 7.43. The van der Waals surface area contributed by atoms with Crippen molar-refractivity contribution in [3.8, 4) is 28.7 Å². The number of furan rings is 1. The van der Waals surface area contributed by atoms with E-state index in [-0.39, 0.29) is 0 Å². The van der Waals surface area contributed by atoms with Gasteiger partial charge in [-0.05, 0) is 30.3 Å². The van der Waals surface area contributed by atoms with Gasteiger partial charge >= 0.3 is 0 Å². The molecule has 0 saturated heterocycles. The number of hydrogen-bond donors (Lipinski definition) is 0. The third-order valence-corrected chi connectivity index (χ3v) is 7.29. The predicted molar refractivity (Wildman–Crippen MR) is 159 cm³/mol. The molecule has 0 fully saturated rings. The topological polar surface area (TPSA) is 61.1 Å². The van der Waals surface area contributed by atoms with Crippen molar-refractivity contribution in [2.75, 3.05) is 0 Å². The highest BCUT2D eigenvalue weighted by atomic mass is 16.3. The molecule has 0 saturated carbocycles. The van der Waals surface area contributed by atoms with Gasteiger partial charge in [0.25, 0.3) is 0 Å². The maximum Gasteiger partial charge on any atom is 0.238 e. The first-order valence-electron chi connectivity index (χ1n) is 12.9. The van der Waals surface area contributed by atoms with Crippen molar-refractivity contribution < 1.29 is 4.42 Å². The van der Waals surface area contributed by atoms with Crippen LogP contribution in [0.3, 0.4) is 0 Å². The molecule has 0 spiro atoms. The largest absolute Gasteiger partial charge is 0.455 e. The molecule has 0 bridgehead atoms. The number of rotatable bonds is 3. The van der Waals surface area contributed by atoms with E-state index >= 15 is 0 Å². The normalized spacial score (nSPS) is 11.5. The second kappa shape index (κ2) is 8.62. The van der Waals surface area contributed by atoms with Crippen molar-refractivity contribution in [2.45, 2.75) is 0 Å². The Morgan fingerprint density at radius 2 is 1.27 bits per heavy atom. The van der Waals surface area contributed by atoms with Gasteiger partial charge < -0.3 is 4.42 Å². The van der Waals surface area contributed by atoms with Crippen LogP contribution in [-0.2, 0) is 0 Å². The van der Waals surface area contributed by atoms with Crippen LogP contribution in [0.5, 0.6) is 0 Å². The molecule has 3 aromatic heterocycles. The number of hydrogen-bond acceptors (Lipinski definition) is 4. The van der Waals surface area contributed by atoms with Crippen molar-refractivity contribution in [3.05, 3.63) is 127 Å². The van der Waals surface area contributed by atoms with Crippen LogP contribution in [0.1, 0.15) is 0 Å². The number of nitrogens with zero attached hydrogens (tertiary/aromatic N) is 5. The molecule has 8 aromatic rings. The lowest BCUT2D eigenvalue weighted by Gasteiger charge is -2.11. The summed E-state index contributed by atoms with van der Waals surface area (Å²) in [6.45, 7) is 7.43. The number of benzene rings is 5. The predicted octanol–water partition coefficient (Wildman–Crippen LogP) is 8.75. The van der Waals surface area contributed by atoms with Crippen molar-refractivity contribution >= 4 is 49.4 Å². The molecule has 0 aliphatic carbocycles. The van der Waals surface area contributed by atoms with Gasteiger partial charge in [0.15, 0.2) is 17.3 Å². The molecule has 6 nitrogen and oxygen atoms in total. The summed E-state index contributed by atoms with van der Waals surface area (Å²) in [5.74, 6) is 1.62. The first kappa shape index (κ1) is 22.2. The van der Waals surface area contributed by atoms with Gasteiger partial charge in [-0.2, -0.15) is 9.97 Å². The summed E-state index contributed by atoms with van der Waals surface area (Å²) in [7, 11) is 0. The Morgan fingerprint density at radius 3 is 2.02 bits per heavy atom. The summed E-state index contributed by atoms with van der Waals surface area (Å²) in [5, 5.41) is 4.08. The van der Waals surface area contributed by atoms with Gasteiger partial charge in [-0.15, -0.1) is 0 Å². The van der Waals surface area contributed by atoms with Crippen molar-refractivity contribution in [2.24, 2.45) is 0 Å². The van der Waals surface area contributed by atoms with E-state index in [0.717, 1.165) is 49.3 Å². The van der Waals surface area contributed by atoms with E-state index in [0.29, 0.717) is 28.9 Å². The van der Waals surface area contributed by atoms with Crippen LogP contribution in [0, 0.1) is 6.57 Å². The molecule has 186 valence electrons. The van der Waals surface area contributed by atoms with E-state index in [9.17, 15) is 0 Å². The minimum absolute atomic E-state index is 0.515. The summed E-state index contributed by atoms with van der Waals surface area (Å²) >= 11 is 0. The van der Waals surface area contributed by atoms with Crippen LogP contribution in [0.25, 0.3) is 77.3 Å². The number of para-hydroxylation sites is 3. The second-order valence-electron chi connectivity index (χ2n) is 9.59. The fourth-order valence-corrected chi connectivity index (χ4v) is 5.47. The highest BCUT2D eigenvalue weighted by molar-refractivity contribution is 6.10.